The fraction of sp³-hybridized carbons (Fsp3) is 0.714. The second-order valence-electron chi connectivity index (χ2n) is 6.42. The van der Waals surface area contributed by atoms with Gasteiger partial charge in [0.2, 0.25) is 0 Å². The van der Waals surface area contributed by atoms with Crippen LogP contribution in [0.5, 0.6) is 0 Å². The summed E-state index contributed by atoms with van der Waals surface area (Å²) in [7, 11) is 0. The average molecular weight is 319 g/mol. The van der Waals surface area contributed by atoms with E-state index >= 15 is 0 Å². The Morgan fingerprint density at radius 3 is 2.68 bits per heavy atom. The minimum absolute atomic E-state index is 0.0422. The number of rotatable bonds is 1. The van der Waals surface area contributed by atoms with Crippen molar-refractivity contribution in [2.75, 3.05) is 6.54 Å². The van der Waals surface area contributed by atoms with Crippen LogP contribution in [0, 0.1) is 5.92 Å². The highest BCUT2D eigenvalue weighted by molar-refractivity contribution is 5.70. The number of hydrogen-bond donors (Lipinski definition) is 1. The Bertz CT molecular complexity index is 534. The van der Waals surface area contributed by atoms with Gasteiger partial charge >= 0.3 is 12.3 Å². The minimum atomic E-state index is -4.23. The molecule has 0 amide bonds. The van der Waals surface area contributed by atoms with Crippen LogP contribution in [0.4, 0.5) is 18.0 Å². The Hall–Kier alpha value is -1.57. The lowest BCUT2D eigenvalue weighted by atomic mass is 9.90. The van der Waals surface area contributed by atoms with E-state index in [2.05, 4.69) is 10.4 Å². The summed E-state index contributed by atoms with van der Waals surface area (Å²) in [5.41, 5.74) is -0.308. The zero-order chi connectivity index (χ0) is 16.5. The number of nitrogens with one attached hydrogen (secondary N) is 1. The van der Waals surface area contributed by atoms with Gasteiger partial charge < -0.3 is 10.1 Å². The maximum atomic E-state index is 12.9. The number of nitrogens with zero attached hydrogens (tertiary/aromatic N) is 2. The molecular formula is C14H20F3N3O2. The summed E-state index contributed by atoms with van der Waals surface area (Å²) in [5, 5.41) is 6.90. The third-order valence-electron chi connectivity index (χ3n) is 3.46. The maximum Gasteiger partial charge on any atom is 0.435 e. The van der Waals surface area contributed by atoms with E-state index in [0.29, 0.717) is 5.69 Å². The molecule has 1 aromatic rings. The van der Waals surface area contributed by atoms with Gasteiger partial charge in [-0.15, -0.1) is 0 Å². The molecule has 0 bridgehead atoms. The maximum absolute atomic E-state index is 12.9. The minimum Gasteiger partial charge on any atom is -0.442 e. The molecule has 1 N–H and O–H groups in total. The fourth-order valence-corrected chi connectivity index (χ4v) is 2.48. The van der Waals surface area contributed by atoms with E-state index in [4.69, 9.17) is 4.74 Å². The van der Waals surface area contributed by atoms with Crippen molar-refractivity contribution in [1.82, 2.24) is 15.1 Å². The highest BCUT2D eigenvalue weighted by Gasteiger charge is 2.43. The molecule has 0 saturated carbocycles. The summed E-state index contributed by atoms with van der Waals surface area (Å²) >= 11 is 0. The molecule has 0 unspecified atom stereocenters. The first-order valence-electron chi connectivity index (χ1n) is 7.15. The largest absolute Gasteiger partial charge is 0.442 e. The summed E-state index contributed by atoms with van der Waals surface area (Å²) in [6.07, 6.45) is -3.60. The van der Waals surface area contributed by atoms with E-state index in [0.717, 1.165) is 4.68 Å². The van der Waals surface area contributed by atoms with Crippen LogP contribution in [-0.4, -0.2) is 34.2 Å². The van der Waals surface area contributed by atoms with Crippen molar-refractivity contribution in [3.63, 3.8) is 0 Å². The van der Waals surface area contributed by atoms with Crippen LogP contribution in [0.1, 0.15) is 45.3 Å². The molecule has 0 spiro atoms. The van der Waals surface area contributed by atoms with Crippen LogP contribution in [0.15, 0.2) is 12.3 Å². The average Bonchev–Trinajstić information content (AvgIpc) is 2.85. The second-order valence-corrected chi connectivity index (χ2v) is 6.42. The molecule has 0 aliphatic carbocycles. The lowest BCUT2D eigenvalue weighted by molar-refractivity contribution is -0.183. The molecule has 1 aliphatic heterocycles. The SMILES string of the molecule is CC(C)(C)OC(=O)n1nccc1[C@@H]1C[C@H](C(F)(F)F)CCN1. The molecule has 124 valence electrons. The van der Waals surface area contributed by atoms with Crippen molar-refractivity contribution >= 4 is 6.09 Å². The van der Waals surface area contributed by atoms with Gasteiger partial charge in [0.15, 0.2) is 0 Å². The van der Waals surface area contributed by atoms with Crippen molar-refractivity contribution in [1.29, 1.82) is 0 Å². The van der Waals surface area contributed by atoms with Crippen molar-refractivity contribution in [3.05, 3.63) is 18.0 Å². The van der Waals surface area contributed by atoms with Gasteiger partial charge in [-0.3, -0.25) is 0 Å². The Labute approximate surface area is 126 Å². The molecule has 0 radical (unpaired) electrons. The van der Waals surface area contributed by atoms with E-state index in [1.165, 1.54) is 6.20 Å². The molecule has 2 atom stereocenters. The number of carbonyl (C=O) groups is 1. The van der Waals surface area contributed by atoms with E-state index in [9.17, 15) is 18.0 Å². The molecule has 8 heteroatoms. The van der Waals surface area contributed by atoms with Gasteiger partial charge in [-0.1, -0.05) is 0 Å². The smallest absolute Gasteiger partial charge is 0.435 e. The van der Waals surface area contributed by atoms with Crippen LogP contribution in [0.3, 0.4) is 0 Å². The van der Waals surface area contributed by atoms with Crippen LogP contribution in [-0.2, 0) is 4.74 Å². The standard InChI is InChI=1S/C14H20F3N3O2/c1-13(2,3)22-12(21)20-11(5-7-19-20)10-8-9(4-6-18-10)14(15,16)17/h5,7,9-10,18H,4,6,8H2,1-3H3/t9-,10+/m1/s1. The lowest BCUT2D eigenvalue weighted by Gasteiger charge is -2.31. The van der Waals surface area contributed by atoms with E-state index < -0.39 is 29.8 Å². The number of carbonyl (C=O) groups excluding carboxylic acids is 1. The predicted molar refractivity (Wildman–Crippen MR) is 73.4 cm³/mol. The highest BCUT2D eigenvalue weighted by atomic mass is 19.4. The molecule has 0 aromatic carbocycles. The summed E-state index contributed by atoms with van der Waals surface area (Å²) in [5.74, 6) is -1.37. The van der Waals surface area contributed by atoms with Gasteiger partial charge in [0.1, 0.15) is 5.60 Å². The van der Waals surface area contributed by atoms with Gasteiger partial charge in [-0.25, -0.2) is 4.79 Å². The van der Waals surface area contributed by atoms with Gasteiger partial charge in [-0.2, -0.15) is 23.0 Å². The first-order chi connectivity index (χ1) is 10.1. The molecule has 1 saturated heterocycles. The van der Waals surface area contributed by atoms with Crippen LogP contribution in [0.2, 0.25) is 0 Å². The zero-order valence-corrected chi connectivity index (χ0v) is 12.8. The summed E-state index contributed by atoms with van der Waals surface area (Å²) < 4.78 is 44.9. The summed E-state index contributed by atoms with van der Waals surface area (Å²) in [6.45, 7) is 5.39. The summed E-state index contributed by atoms with van der Waals surface area (Å²) in [4.78, 5) is 12.1. The number of halogens is 3. The fourth-order valence-electron chi connectivity index (χ4n) is 2.48. The molecule has 1 aliphatic rings. The first-order valence-corrected chi connectivity index (χ1v) is 7.15. The summed E-state index contributed by atoms with van der Waals surface area (Å²) in [6, 6.07) is 0.968. The van der Waals surface area contributed by atoms with Gasteiger partial charge in [0.25, 0.3) is 0 Å². The monoisotopic (exact) mass is 319 g/mol. The quantitative estimate of drug-likeness (QED) is 0.863. The Morgan fingerprint density at radius 1 is 1.41 bits per heavy atom. The van der Waals surface area contributed by atoms with Crippen molar-refractivity contribution < 1.29 is 22.7 Å². The lowest BCUT2D eigenvalue weighted by Crippen LogP contribution is -2.39. The van der Waals surface area contributed by atoms with Crippen LogP contribution < -0.4 is 5.32 Å². The molecule has 1 aromatic heterocycles. The number of aromatic nitrogens is 2. The second kappa shape index (κ2) is 5.91. The molecule has 5 nitrogen and oxygen atoms in total. The topological polar surface area (TPSA) is 56.2 Å². The molecule has 2 rings (SSSR count). The number of alkyl halides is 3. The van der Waals surface area contributed by atoms with E-state index in [1.54, 1.807) is 26.8 Å². The molecule has 22 heavy (non-hydrogen) atoms. The van der Waals surface area contributed by atoms with Gasteiger partial charge in [-0.05, 0) is 46.2 Å². The molecule has 1 fully saturated rings. The predicted octanol–water partition coefficient (Wildman–Crippen LogP) is 3.27. The van der Waals surface area contributed by atoms with Crippen molar-refractivity contribution in [3.8, 4) is 0 Å². The Kier molecular flexibility index (Phi) is 4.51. The van der Waals surface area contributed by atoms with Crippen LogP contribution in [0.25, 0.3) is 0 Å². The normalized spacial score (nSPS) is 23.4. The van der Waals surface area contributed by atoms with Gasteiger partial charge in [0.05, 0.1) is 17.7 Å². The third-order valence-corrected chi connectivity index (χ3v) is 3.46. The van der Waals surface area contributed by atoms with Crippen molar-refractivity contribution in [2.45, 2.75) is 51.4 Å². The van der Waals surface area contributed by atoms with Crippen molar-refractivity contribution in [2.24, 2.45) is 5.92 Å². The molecular weight excluding hydrogens is 299 g/mol. The first kappa shape index (κ1) is 16.8. The third kappa shape index (κ3) is 4.00. The Balaban J connectivity index is 2.17. The number of ether oxygens (including phenoxy) is 1. The molecule has 2 heterocycles. The highest BCUT2D eigenvalue weighted by Crippen LogP contribution is 2.38. The number of piperidine rings is 1. The number of hydrogen-bond acceptors (Lipinski definition) is 4. The Morgan fingerprint density at radius 2 is 2.09 bits per heavy atom. The van der Waals surface area contributed by atoms with Crippen LogP contribution >= 0.6 is 0 Å². The zero-order valence-electron chi connectivity index (χ0n) is 12.8. The van der Waals surface area contributed by atoms with E-state index in [-0.39, 0.29) is 19.4 Å². The van der Waals surface area contributed by atoms with Gasteiger partial charge in [0, 0.05) is 6.20 Å². The van der Waals surface area contributed by atoms with E-state index in [1.807, 2.05) is 0 Å².